The first-order chi connectivity index (χ1) is 9.21. The van der Waals surface area contributed by atoms with Crippen LogP contribution in [0.5, 0.6) is 5.75 Å². The Bertz CT molecular complexity index is 419. The molecule has 2 atom stereocenters. The highest BCUT2D eigenvalue weighted by Crippen LogP contribution is 2.37. The van der Waals surface area contributed by atoms with E-state index in [0.29, 0.717) is 12.0 Å². The van der Waals surface area contributed by atoms with Crippen LogP contribution in [0.3, 0.4) is 0 Å². The summed E-state index contributed by atoms with van der Waals surface area (Å²) in [6, 6.07) is 7.05. The van der Waals surface area contributed by atoms with Crippen molar-refractivity contribution in [3.63, 3.8) is 0 Å². The van der Waals surface area contributed by atoms with Gasteiger partial charge in [-0.15, -0.1) is 0 Å². The minimum absolute atomic E-state index is 0.497. The van der Waals surface area contributed by atoms with Crippen LogP contribution in [0.15, 0.2) is 18.2 Å². The fourth-order valence-electron chi connectivity index (χ4n) is 3.23. The molecule has 3 nitrogen and oxygen atoms in total. The molecule has 0 saturated carbocycles. The Morgan fingerprint density at radius 3 is 2.89 bits per heavy atom. The van der Waals surface area contributed by atoms with Crippen molar-refractivity contribution in [2.24, 2.45) is 5.92 Å². The van der Waals surface area contributed by atoms with Crippen molar-refractivity contribution in [1.82, 2.24) is 10.2 Å². The summed E-state index contributed by atoms with van der Waals surface area (Å²) in [4.78, 5) is 2.49. The molecule has 0 spiro atoms. The Morgan fingerprint density at radius 1 is 1.47 bits per heavy atom. The molecule has 0 fully saturated rings. The van der Waals surface area contributed by atoms with Gasteiger partial charge in [0.25, 0.3) is 0 Å². The quantitative estimate of drug-likeness (QED) is 0.882. The van der Waals surface area contributed by atoms with Crippen LogP contribution < -0.4 is 10.1 Å². The molecule has 1 N–H and O–H groups in total. The monoisotopic (exact) mass is 262 g/mol. The second kappa shape index (κ2) is 6.40. The van der Waals surface area contributed by atoms with E-state index in [9.17, 15) is 0 Å². The van der Waals surface area contributed by atoms with Crippen LogP contribution in [-0.2, 0) is 6.42 Å². The van der Waals surface area contributed by atoms with E-state index < -0.39 is 0 Å². The molecule has 1 aliphatic rings. The van der Waals surface area contributed by atoms with Crippen LogP contribution in [0, 0.1) is 5.92 Å². The van der Waals surface area contributed by atoms with Crippen LogP contribution in [0.2, 0.25) is 0 Å². The maximum atomic E-state index is 5.40. The summed E-state index contributed by atoms with van der Waals surface area (Å²) in [7, 11) is 6.03. The predicted molar refractivity (Wildman–Crippen MR) is 79.8 cm³/mol. The Hall–Kier alpha value is -1.06. The number of methoxy groups -OCH3 is 1. The Morgan fingerprint density at radius 2 is 2.26 bits per heavy atom. The molecular formula is C16H26N2O. The van der Waals surface area contributed by atoms with E-state index >= 15 is 0 Å². The van der Waals surface area contributed by atoms with Gasteiger partial charge >= 0.3 is 0 Å². The van der Waals surface area contributed by atoms with Crippen molar-refractivity contribution >= 4 is 0 Å². The number of ether oxygens (including phenoxy) is 1. The zero-order valence-electron chi connectivity index (χ0n) is 12.6. The molecule has 0 aromatic heterocycles. The highest BCUT2D eigenvalue weighted by atomic mass is 16.5. The molecule has 0 saturated heterocycles. The predicted octanol–water partition coefficient (Wildman–Crippen LogP) is 2.47. The van der Waals surface area contributed by atoms with Crippen molar-refractivity contribution in [2.45, 2.75) is 25.8 Å². The van der Waals surface area contributed by atoms with E-state index in [1.807, 2.05) is 7.05 Å². The number of fused-ring (bicyclic) bond motifs is 1. The van der Waals surface area contributed by atoms with Gasteiger partial charge in [0.1, 0.15) is 5.75 Å². The van der Waals surface area contributed by atoms with Gasteiger partial charge in [-0.25, -0.2) is 0 Å². The number of likely N-dealkylation sites (N-methyl/N-ethyl adjacent to an activating group) is 1. The average Bonchev–Trinajstić information content (AvgIpc) is 2.44. The molecule has 106 valence electrons. The number of benzene rings is 1. The molecule has 1 aromatic rings. The van der Waals surface area contributed by atoms with E-state index in [4.69, 9.17) is 4.74 Å². The lowest BCUT2D eigenvalue weighted by Gasteiger charge is -2.39. The third-order valence-corrected chi connectivity index (χ3v) is 4.32. The number of hydrogen-bond acceptors (Lipinski definition) is 3. The lowest BCUT2D eigenvalue weighted by molar-refractivity contribution is 0.158. The summed E-state index contributed by atoms with van der Waals surface area (Å²) < 4.78 is 5.40. The van der Waals surface area contributed by atoms with Crippen molar-refractivity contribution in [3.05, 3.63) is 29.3 Å². The third kappa shape index (κ3) is 2.93. The SMILES string of the molecule is CCC(CNC)C1c2cc(OC)ccc2CCN1C. The molecule has 1 heterocycles. The molecule has 0 amide bonds. The number of hydrogen-bond donors (Lipinski definition) is 1. The number of nitrogens with zero attached hydrogens (tertiary/aromatic N) is 1. The normalized spacial score (nSPS) is 20.9. The van der Waals surface area contributed by atoms with E-state index in [1.54, 1.807) is 7.11 Å². The van der Waals surface area contributed by atoms with Crippen LogP contribution in [-0.4, -0.2) is 39.2 Å². The molecule has 0 aliphatic carbocycles. The minimum Gasteiger partial charge on any atom is -0.497 e. The van der Waals surface area contributed by atoms with Gasteiger partial charge in [-0.3, -0.25) is 4.90 Å². The van der Waals surface area contributed by atoms with E-state index in [0.717, 1.165) is 25.3 Å². The fraction of sp³-hybridized carbons (Fsp3) is 0.625. The van der Waals surface area contributed by atoms with Gasteiger partial charge in [-0.05, 0) is 56.2 Å². The smallest absolute Gasteiger partial charge is 0.119 e. The van der Waals surface area contributed by atoms with E-state index in [2.05, 4.69) is 42.4 Å². The molecule has 2 rings (SSSR count). The van der Waals surface area contributed by atoms with Crippen LogP contribution >= 0.6 is 0 Å². The first-order valence-corrected chi connectivity index (χ1v) is 7.22. The zero-order valence-corrected chi connectivity index (χ0v) is 12.6. The highest BCUT2D eigenvalue weighted by Gasteiger charge is 2.30. The first kappa shape index (κ1) is 14.4. The minimum atomic E-state index is 0.497. The Labute approximate surface area is 116 Å². The third-order valence-electron chi connectivity index (χ3n) is 4.32. The van der Waals surface area contributed by atoms with Gasteiger partial charge in [0.05, 0.1) is 7.11 Å². The second-order valence-electron chi connectivity index (χ2n) is 5.47. The van der Waals surface area contributed by atoms with Crippen LogP contribution in [0.4, 0.5) is 0 Å². The van der Waals surface area contributed by atoms with Gasteiger partial charge in [-0.2, -0.15) is 0 Å². The standard InChI is InChI=1S/C16H26N2O/c1-5-12(11-17-2)16-15-10-14(19-4)7-6-13(15)8-9-18(16)3/h6-7,10,12,16-17H,5,8-9,11H2,1-4H3. The Kier molecular flexibility index (Phi) is 4.83. The molecular weight excluding hydrogens is 236 g/mol. The van der Waals surface area contributed by atoms with E-state index in [-0.39, 0.29) is 0 Å². The Balaban J connectivity index is 2.37. The zero-order chi connectivity index (χ0) is 13.8. The largest absolute Gasteiger partial charge is 0.497 e. The second-order valence-corrected chi connectivity index (χ2v) is 5.47. The van der Waals surface area contributed by atoms with Crippen molar-refractivity contribution < 1.29 is 4.74 Å². The highest BCUT2D eigenvalue weighted by molar-refractivity contribution is 5.39. The first-order valence-electron chi connectivity index (χ1n) is 7.22. The molecule has 1 aliphatic heterocycles. The molecule has 3 heteroatoms. The van der Waals surface area contributed by atoms with Gasteiger partial charge in [0, 0.05) is 12.6 Å². The average molecular weight is 262 g/mol. The molecule has 0 bridgehead atoms. The van der Waals surface area contributed by atoms with E-state index in [1.165, 1.54) is 17.5 Å². The molecule has 0 radical (unpaired) electrons. The lowest BCUT2D eigenvalue weighted by Crippen LogP contribution is -2.39. The summed E-state index contributed by atoms with van der Waals surface area (Å²) in [5.74, 6) is 1.61. The van der Waals surface area contributed by atoms with Gasteiger partial charge in [0.2, 0.25) is 0 Å². The lowest BCUT2D eigenvalue weighted by atomic mass is 9.83. The summed E-state index contributed by atoms with van der Waals surface area (Å²) in [6.07, 6.45) is 2.33. The molecule has 19 heavy (non-hydrogen) atoms. The summed E-state index contributed by atoms with van der Waals surface area (Å²) in [5, 5.41) is 3.34. The van der Waals surface area contributed by atoms with Crippen LogP contribution in [0.1, 0.15) is 30.5 Å². The summed E-state index contributed by atoms with van der Waals surface area (Å²) >= 11 is 0. The van der Waals surface area contributed by atoms with Crippen molar-refractivity contribution in [2.75, 3.05) is 34.3 Å². The van der Waals surface area contributed by atoms with Crippen molar-refractivity contribution in [1.29, 1.82) is 0 Å². The number of nitrogens with one attached hydrogen (secondary N) is 1. The summed E-state index contributed by atoms with van der Waals surface area (Å²) in [5.41, 5.74) is 2.94. The van der Waals surface area contributed by atoms with Gasteiger partial charge < -0.3 is 10.1 Å². The van der Waals surface area contributed by atoms with Gasteiger partial charge in [0.15, 0.2) is 0 Å². The fourth-order valence-corrected chi connectivity index (χ4v) is 3.23. The summed E-state index contributed by atoms with van der Waals surface area (Å²) in [6.45, 7) is 4.48. The topological polar surface area (TPSA) is 24.5 Å². The maximum Gasteiger partial charge on any atom is 0.119 e. The maximum absolute atomic E-state index is 5.40. The number of rotatable bonds is 5. The molecule has 2 unspecified atom stereocenters. The van der Waals surface area contributed by atoms with Crippen molar-refractivity contribution in [3.8, 4) is 5.75 Å². The van der Waals surface area contributed by atoms with Gasteiger partial charge in [-0.1, -0.05) is 19.4 Å². The molecule has 1 aromatic carbocycles. The van der Waals surface area contributed by atoms with Crippen LogP contribution in [0.25, 0.3) is 0 Å².